The third-order valence-electron chi connectivity index (χ3n) is 4.94. The Balaban J connectivity index is 1.67. The first kappa shape index (κ1) is 25.3. The number of halogens is 1. The molecule has 3 aromatic rings. The lowest BCUT2D eigenvalue weighted by atomic mass is 10.0. The van der Waals surface area contributed by atoms with E-state index in [1.807, 2.05) is 6.92 Å². The van der Waals surface area contributed by atoms with E-state index >= 15 is 0 Å². The fourth-order valence-corrected chi connectivity index (χ4v) is 4.53. The van der Waals surface area contributed by atoms with E-state index in [2.05, 4.69) is 15.4 Å². The second-order valence-corrected chi connectivity index (χ2v) is 9.64. The van der Waals surface area contributed by atoms with Crippen molar-refractivity contribution >= 4 is 44.6 Å². The Hall–Kier alpha value is -3.34. The summed E-state index contributed by atoms with van der Waals surface area (Å²) in [5.74, 6) is -1.51. The van der Waals surface area contributed by atoms with Crippen molar-refractivity contribution in [2.75, 3.05) is 17.2 Å². The molecule has 3 aromatic carbocycles. The summed E-state index contributed by atoms with van der Waals surface area (Å²) in [5.41, 5.74) is 7.02. The van der Waals surface area contributed by atoms with Crippen molar-refractivity contribution in [1.82, 2.24) is 4.72 Å². The highest BCUT2D eigenvalue weighted by Crippen LogP contribution is 2.26. The highest BCUT2D eigenvalue weighted by atomic mass is 32.2. The van der Waals surface area contributed by atoms with Gasteiger partial charge in [-0.3, -0.25) is 4.79 Å². The summed E-state index contributed by atoms with van der Waals surface area (Å²) in [5, 5.41) is 6.22. The van der Waals surface area contributed by atoms with Gasteiger partial charge in [-0.1, -0.05) is 43.7 Å². The Bertz CT molecular complexity index is 1300. The van der Waals surface area contributed by atoms with Crippen molar-refractivity contribution in [2.45, 2.75) is 24.7 Å². The molecule has 0 aliphatic heterocycles. The molecule has 0 bridgehead atoms. The van der Waals surface area contributed by atoms with Gasteiger partial charge in [0.2, 0.25) is 10.0 Å². The molecule has 1 amide bonds. The number of nitrogens with two attached hydrogens (primary N) is 1. The number of hydrogen-bond acceptors (Lipinski definition) is 4. The standard InChI is InChI=1S/C24H25FN4O3S2/c1-2-3-14-27-34(31,32)19-7-4-6-18(15-19)29-24(33)28-17-12-10-16(11-13-17)20-8-5-9-21(22(20)25)23(26)30/h4-13,15,27H,2-3,14H2,1H3,(H2,26,30)(H2,28,29,33). The third kappa shape index (κ3) is 6.37. The van der Waals surface area contributed by atoms with Gasteiger partial charge in [-0.2, -0.15) is 0 Å². The number of sulfonamides is 1. The highest BCUT2D eigenvalue weighted by molar-refractivity contribution is 7.89. The van der Waals surface area contributed by atoms with Gasteiger partial charge in [-0.05, 0) is 60.6 Å². The van der Waals surface area contributed by atoms with Gasteiger partial charge in [0.1, 0.15) is 5.82 Å². The van der Waals surface area contributed by atoms with Gasteiger partial charge in [0.05, 0.1) is 10.5 Å². The Morgan fingerprint density at radius 3 is 2.35 bits per heavy atom. The van der Waals surface area contributed by atoms with Crippen molar-refractivity contribution in [3.8, 4) is 11.1 Å². The van der Waals surface area contributed by atoms with Gasteiger partial charge >= 0.3 is 0 Å². The minimum absolute atomic E-state index is 0.140. The quantitative estimate of drug-likeness (QED) is 0.255. The average Bonchev–Trinajstić information content (AvgIpc) is 2.80. The molecule has 7 nitrogen and oxygen atoms in total. The number of unbranched alkanes of at least 4 members (excludes halogenated alkanes) is 1. The smallest absolute Gasteiger partial charge is 0.251 e. The number of primary amides is 1. The Kier molecular flexibility index (Phi) is 8.32. The molecule has 0 radical (unpaired) electrons. The number of anilines is 2. The second kappa shape index (κ2) is 11.2. The first-order chi connectivity index (χ1) is 16.2. The molecule has 5 N–H and O–H groups in total. The van der Waals surface area contributed by atoms with E-state index in [0.29, 0.717) is 23.5 Å². The summed E-state index contributed by atoms with van der Waals surface area (Å²) in [4.78, 5) is 11.5. The summed E-state index contributed by atoms with van der Waals surface area (Å²) < 4.78 is 42.0. The van der Waals surface area contributed by atoms with Crippen molar-refractivity contribution in [1.29, 1.82) is 0 Å². The predicted molar refractivity (Wildman–Crippen MR) is 137 cm³/mol. The largest absolute Gasteiger partial charge is 0.366 e. The zero-order valence-electron chi connectivity index (χ0n) is 18.5. The normalized spacial score (nSPS) is 11.1. The number of thiocarbonyl (C=S) groups is 1. The molecule has 0 unspecified atom stereocenters. The Morgan fingerprint density at radius 2 is 1.68 bits per heavy atom. The van der Waals surface area contributed by atoms with Crippen LogP contribution in [0.2, 0.25) is 0 Å². The van der Waals surface area contributed by atoms with Gasteiger partial charge < -0.3 is 16.4 Å². The van der Waals surface area contributed by atoms with Gasteiger partial charge in [0.15, 0.2) is 5.11 Å². The molecule has 10 heteroatoms. The maximum Gasteiger partial charge on any atom is 0.251 e. The number of benzene rings is 3. The fraction of sp³-hybridized carbons (Fsp3) is 0.167. The lowest BCUT2D eigenvalue weighted by Gasteiger charge is -2.13. The lowest BCUT2D eigenvalue weighted by Crippen LogP contribution is -2.25. The molecule has 0 spiro atoms. The van der Waals surface area contributed by atoms with E-state index in [1.165, 1.54) is 18.2 Å². The Morgan fingerprint density at radius 1 is 1.00 bits per heavy atom. The minimum atomic E-state index is -3.61. The molecule has 0 saturated heterocycles. The summed E-state index contributed by atoms with van der Waals surface area (Å²) in [6.45, 7) is 2.36. The van der Waals surface area contributed by atoms with E-state index in [9.17, 15) is 17.6 Å². The maximum atomic E-state index is 14.6. The van der Waals surface area contributed by atoms with E-state index in [0.717, 1.165) is 12.8 Å². The topological polar surface area (TPSA) is 113 Å². The third-order valence-corrected chi connectivity index (χ3v) is 6.61. The molecule has 34 heavy (non-hydrogen) atoms. The number of carbonyl (C=O) groups is 1. The van der Waals surface area contributed by atoms with E-state index in [4.69, 9.17) is 18.0 Å². The van der Waals surface area contributed by atoms with Crippen molar-refractivity contribution in [2.24, 2.45) is 5.73 Å². The first-order valence-corrected chi connectivity index (χ1v) is 12.5. The molecule has 0 atom stereocenters. The van der Waals surface area contributed by atoms with Gasteiger partial charge in [0.25, 0.3) is 5.91 Å². The van der Waals surface area contributed by atoms with Crippen LogP contribution in [-0.2, 0) is 10.0 Å². The first-order valence-electron chi connectivity index (χ1n) is 10.6. The number of nitrogens with one attached hydrogen (secondary N) is 3. The molecule has 0 aliphatic rings. The van der Waals surface area contributed by atoms with Gasteiger partial charge in [0, 0.05) is 23.5 Å². The van der Waals surface area contributed by atoms with Crippen molar-refractivity contribution in [3.05, 3.63) is 78.1 Å². The summed E-state index contributed by atoms with van der Waals surface area (Å²) in [7, 11) is -3.61. The summed E-state index contributed by atoms with van der Waals surface area (Å²) in [6.07, 6.45) is 1.65. The van der Waals surface area contributed by atoms with Gasteiger partial charge in [-0.25, -0.2) is 17.5 Å². The van der Waals surface area contributed by atoms with Crippen LogP contribution in [0.25, 0.3) is 11.1 Å². The number of amides is 1. The molecule has 178 valence electrons. The predicted octanol–water partition coefficient (Wildman–Crippen LogP) is 4.48. The Labute approximate surface area is 203 Å². The van der Waals surface area contributed by atoms with Crippen molar-refractivity contribution in [3.63, 3.8) is 0 Å². The molecule has 0 fully saturated rings. The van der Waals surface area contributed by atoms with Crippen LogP contribution in [0.4, 0.5) is 15.8 Å². The van der Waals surface area contributed by atoms with Gasteiger partial charge in [-0.15, -0.1) is 0 Å². The van der Waals surface area contributed by atoms with E-state index in [1.54, 1.807) is 48.5 Å². The van der Waals surface area contributed by atoms with Crippen LogP contribution in [0.1, 0.15) is 30.1 Å². The molecule has 0 saturated carbocycles. The molecule has 3 rings (SSSR count). The second-order valence-electron chi connectivity index (χ2n) is 7.47. The lowest BCUT2D eigenvalue weighted by molar-refractivity contribution is 0.0996. The van der Waals surface area contributed by atoms with Crippen LogP contribution in [0.15, 0.2) is 71.6 Å². The monoisotopic (exact) mass is 500 g/mol. The number of hydrogen-bond donors (Lipinski definition) is 4. The van der Waals surface area contributed by atoms with E-state index in [-0.39, 0.29) is 21.1 Å². The summed E-state index contributed by atoms with van der Waals surface area (Å²) >= 11 is 5.33. The van der Waals surface area contributed by atoms with Crippen LogP contribution in [0, 0.1) is 5.82 Å². The van der Waals surface area contributed by atoms with Crippen LogP contribution in [0.3, 0.4) is 0 Å². The average molecular weight is 501 g/mol. The van der Waals surface area contributed by atoms with E-state index < -0.39 is 21.7 Å². The molecule has 0 aromatic heterocycles. The van der Waals surface area contributed by atoms with Crippen molar-refractivity contribution < 1.29 is 17.6 Å². The van der Waals surface area contributed by atoms with Crippen LogP contribution in [0.5, 0.6) is 0 Å². The molecule has 0 heterocycles. The fourth-order valence-electron chi connectivity index (χ4n) is 3.18. The zero-order valence-corrected chi connectivity index (χ0v) is 20.1. The maximum absolute atomic E-state index is 14.6. The summed E-state index contributed by atoms with van der Waals surface area (Å²) in [6, 6.07) is 17.6. The SMILES string of the molecule is CCCCNS(=O)(=O)c1cccc(NC(=S)Nc2ccc(-c3cccc(C(N)=O)c3F)cc2)c1. The molecular formula is C24H25FN4O3S2. The van der Waals surface area contributed by atoms with Crippen LogP contribution < -0.4 is 21.1 Å². The number of carbonyl (C=O) groups excluding carboxylic acids is 1. The van der Waals surface area contributed by atoms with Crippen LogP contribution in [-0.4, -0.2) is 26.0 Å². The number of rotatable bonds is 9. The molecule has 0 aliphatic carbocycles. The molecular weight excluding hydrogens is 475 g/mol. The highest BCUT2D eigenvalue weighted by Gasteiger charge is 2.15. The van der Waals surface area contributed by atoms with Crippen LogP contribution >= 0.6 is 12.2 Å². The zero-order chi connectivity index (χ0) is 24.7. The minimum Gasteiger partial charge on any atom is -0.366 e.